The highest BCUT2D eigenvalue weighted by Gasteiger charge is 2.37. The van der Waals surface area contributed by atoms with Crippen LogP contribution in [-0.4, -0.2) is 35.5 Å². The fraction of sp³-hybridized carbons (Fsp3) is 0.286. The maximum atomic E-state index is 12.2. The topological polar surface area (TPSA) is 98.4 Å². The van der Waals surface area contributed by atoms with Gasteiger partial charge in [-0.25, -0.2) is 4.98 Å². The number of hydrogen-bond acceptors (Lipinski definition) is 6. The Bertz CT molecular complexity index is 731. The summed E-state index contributed by atoms with van der Waals surface area (Å²) in [6.45, 7) is 0.242. The first-order valence-electron chi connectivity index (χ1n) is 6.50. The van der Waals surface area contributed by atoms with Gasteiger partial charge in [-0.3, -0.25) is 14.5 Å². The van der Waals surface area contributed by atoms with E-state index in [1.807, 2.05) is 18.2 Å². The van der Waals surface area contributed by atoms with Gasteiger partial charge in [0.1, 0.15) is 5.82 Å². The molecule has 7 heteroatoms. The lowest BCUT2D eigenvalue weighted by atomic mass is 10.1. The molecule has 0 saturated carbocycles. The molecule has 0 bridgehead atoms. The van der Waals surface area contributed by atoms with Gasteiger partial charge in [-0.15, -0.1) is 0 Å². The number of fused-ring (bicyclic) bond motifs is 1. The van der Waals surface area contributed by atoms with E-state index in [-0.39, 0.29) is 24.8 Å². The smallest absolute Gasteiger partial charge is 0.311 e. The van der Waals surface area contributed by atoms with Gasteiger partial charge in [-0.05, 0) is 12.1 Å². The number of esters is 1. The number of carbonyl (C=O) groups excluding carboxylic acids is 2. The third kappa shape index (κ3) is 2.26. The zero-order valence-electron chi connectivity index (χ0n) is 11.4. The van der Waals surface area contributed by atoms with Crippen LogP contribution in [0.3, 0.4) is 0 Å². The number of benzene rings is 1. The molecule has 3 rings (SSSR count). The molecule has 2 aromatic rings. The van der Waals surface area contributed by atoms with E-state index < -0.39 is 11.9 Å². The van der Waals surface area contributed by atoms with E-state index in [4.69, 9.17) is 10.5 Å². The van der Waals surface area contributed by atoms with Crippen molar-refractivity contribution in [3.63, 3.8) is 0 Å². The number of nitrogens with two attached hydrogens (primary N) is 1. The fourth-order valence-corrected chi connectivity index (χ4v) is 2.52. The van der Waals surface area contributed by atoms with Crippen molar-refractivity contribution in [1.29, 1.82) is 0 Å². The van der Waals surface area contributed by atoms with E-state index in [1.54, 1.807) is 6.07 Å². The van der Waals surface area contributed by atoms with Crippen LogP contribution in [0.5, 0.6) is 0 Å². The van der Waals surface area contributed by atoms with Crippen LogP contribution in [0.15, 0.2) is 24.3 Å². The summed E-state index contributed by atoms with van der Waals surface area (Å²) in [4.78, 5) is 33.6. The molecule has 7 nitrogen and oxygen atoms in total. The molecule has 1 aliphatic heterocycles. The quantitative estimate of drug-likeness (QED) is 0.817. The van der Waals surface area contributed by atoms with Crippen molar-refractivity contribution < 1.29 is 14.3 Å². The average Bonchev–Trinajstić information content (AvgIpc) is 2.87. The van der Waals surface area contributed by atoms with Crippen LogP contribution in [0, 0.1) is 5.92 Å². The number of nitrogens with zero attached hydrogens (tertiary/aromatic N) is 3. The normalized spacial score (nSPS) is 18.2. The van der Waals surface area contributed by atoms with Crippen LogP contribution < -0.4 is 10.6 Å². The molecule has 1 aliphatic rings. The predicted octanol–water partition coefficient (Wildman–Crippen LogP) is 0.738. The molecule has 1 amide bonds. The Morgan fingerprint density at radius 1 is 1.38 bits per heavy atom. The monoisotopic (exact) mass is 286 g/mol. The Kier molecular flexibility index (Phi) is 3.17. The molecule has 1 aromatic carbocycles. The number of methoxy groups -OCH3 is 1. The molecule has 2 N–H and O–H groups in total. The summed E-state index contributed by atoms with van der Waals surface area (Å²) in [7, 11) is 1.31. The van der Waals surface area contributed by atoms with Crippen LogP contribution in [0.1, 0.15) is 6.42 Å². The molecule has 1 fully saturated rings. The molecule has 1 atom stereocenters. The van der Waals surface area contributed by atoms with Gasteiger partial charge in [0, 0.05) is 18.4 Å². The van der Waals surface area contributed by atoms with Crippen LogP contribution in [0.4, 0.5) is 11.8 Å². The number of para-hydroxylation sites is 1. The lowest BCUT2D eigenvalue weighted by Gasteiger charge is -2.17. The Balaban J connectivity index is 2.05. The van der Waals surface area contributed by atoms with E-state index in [2.05, 4.69) is 9.97 Å². The molecule has 1 unspecified atom stereocenters. The van der Waals surface area contributed by atoms with Crippen molar-refractivity contribution in [3.8, 4) is 0 Å². The summed E-state index contributed by atoms with van der Waals surface area (Å²) >= 11 is 0. The third-order valence-electron chi connectivity index (χ3n) is 3.52. The minimum absolute atomic E-state index is 0.0954. The Morgan fingerprint density at radius 3 is 2.90 bits per heavy atom. The van der Waals surface area contributed by atoms with Crippen molar-refractivity contribution in [3.05, 3.63) is 24.3 Å². The maximum Gasteiger partial charge on any atom is 0.311 e. The summed E-state index contributed by atoms with van der Waals surface area (Å²) in [5.41, 5.74) is 6.37. The van der Waals surface area contributed by atoms with Gasteiger partial charge in [0.05, 0.1) is 18.5 Å². The average molecular weight is 286 g/mol. The number of aromatic nitrogens is 2. The molecule has 1 aromatic heterocycles. The standard InChI is InChI=1S/C14H14N4O3/c1-21-13(20)8-6-11(19)18(7-8)12-9-4-2-3-5-10(9)16-14(15)17-12/h2-5,8H,6-7H2,1H3,(H2,15,16,17). The van der Waals surface area contributed by atoms with Gasteiger partial charge in [0.15, 0.2) is 0 Å². The second-order valence-electron chi connectivity index (χ2n) is 4.85. The molecule has 21 heavy (non-hydrogen) atoms. The number of hydrogen-bond donors (Lipinski definition) is 1. The van der Waals surface area contributed by atoms with Gasteiger partial charge < -0.3 is 10.5 Å². The number of anilines is 2. The highest BCUT2D eigenvalue weighted by Crippen LogP contribution is 2.30. The van der Waals surface area contributed by atoms with E-state index >= 15 is 0 Å². The van der Waals surface area contributed by atoms with E-state index in [9.17, 15) is 9.59 Å². The minimum Gasteiger partial charge on any atom is -0.469 e. The Labute approximate surface area is 120 Å². The summed E-state index contributed by atoms with van der Waals surface area (Å²) < 4.78 is 4.70. The van der Waals surface area contributed by atoms with E-state index in [0.717, 1.165) is 5.39 Å². The van der Waals surface area contributed by atoms with Crippen LogP contribution >= 0.6 is 0 Å². The highest BCUT2D eigenvalue weighted by atomic mass is 16.5. The third-order valence-corrected chi connectivity index (χ3v) is 3.52. The molecule has 0 radical (unpaired) electrons. The number of carbonyl (C=O) groups is 2. The largest absolute Gasteiger partial charge is 0.469 e. The second-order valence-corrected chi connectivity index (χ2v) is 4.85. The molecular formula is C14H14N4O3. The van der Waals surface area contributed by atoms with Gasteiger partial charge in [0.25, 0.3) is 0 Å². The van der Waals surface area contributed by atoms with Crippen molar-refractivity contribution in [1.82, 2.24) is 9.97 Å². The van der Waals surface area contributed by atoms with Crippen molar-refractivity contribution in [2.75, 3.05) is 24.3 Å². The zero-order chi connectivity index (χ0) is 15.0. The summed E-state index contributed by atoms with van der Waals surface area (Å²) in [5, 5.41) is 0.727. The van der Waals surface area contributed by atoms with E-state index in [0.29, 0.717) is 11.3 Å². The van der Waals surface area contributed by atoms with Crippen molar-refractivity contribution in [2.45, 2.75) is 6.42 Å². The fourth-order valence-electron chi connectivity index (χ4n) is 2.52. The first-order valence-corrected chi connectivity index (χ1v) is 6.50. The molecular weight excluding hydrogens is 272 g/mol. The van der Waals surface area contributed by atoms with E-state index in [1.165, 1.54) is 12.0 Å². The first-order chi connectivity index (χ1) is 10.1. The predicted molar refractivity (Wildman–Crippen MR) is 76.4 cm³/mol. The molecule has 2 heterocycles. The summed E-state index contributed by atoms with van der Waals surface area (Å²) in [6.07, 6.45) is 0.116. The SMILES string of the molecule is COC(=O)C1CC(=O)N(c2nc(N)nc3ccccc23)C1. The van der Waals surface area contributed by atoms with Gasteiger partial charge in [-0.2, -0.15) is 4.98 Å². The zero-order valence-corrected chi connectivity index (χ0v) is 11.4. The Hall–Kier alpha value is -2.70. The molecule has 0 aliphatic carbocycles. The Morgan fingerprint density at radius 2 is 2.14 bits per heavy atom. The number of ether oxygens (including phenoxy) is 1. The van der Waals surface area contributed by atoms with Crippen molar-refractivity contribution in [2.24, 2.45) is 5.92 Å². The van der Waals surface area contributed by atoms with Gasteiger partial charge in [0.2, 0.25) is 11.9 Å². The lowest BCUT2D eigenvalue weighted by molar-refractivity contribution is -0.145. The van der Waals surface area contributed by atoms with Crippen LogP contribution in [-0.2, 0) is 14.3 Å². The van der Waals surface area contributed by atoms with Gasteiger partial charge in [-0.1, -0.05) is 12.1 Å². The first kappa shape index (κ1) is 13.3. The summed E-state index contributed by atoms with van der Waals surface area (Å²) in [5.74, 6) is -0.504. The number of rotatable bonds is 2. The molecule has 108 valence electrons. The van der Waals surface area contributed by atoms with Crippen LogP contribution in [0.2, 0.25) is 0 Å². The number of amides is 1. The van der Waals surface area contributed by atoms with Gasteiger partial charge >= 0.3 is 5.97 Å². The molecule has 1 saturated heterocycles. The highest BCUT2D eigenvalue weighted by molar-refractivity contribution is 6.04. The molecule has 0 spiro atoms. The second kappa shape index (κ2) is 5.01. The van der Waals surface area contributed by atoms with Crippen LogP contribution in [0.25, 0.3) is 10.9 Å². The summed E-state index contributed by atoms with van der Waals surface area (Å²) in [6, 6.07) is 7.30. The maximum absolute atomic E-state index is 12.2. The number of nitrogen functional groups attached to an aromatic ring is 1. The van der Waals surface area contributed by atoms with Crippen molar-refractivity contribution >= 4 is 34.5 Å². The lowest BCUT2D eigenvalue weighted by Crippen LogP contribution is -2.27. The minimum atomic E-state index is -0.475.